The second kappa shape index (κ2) is 22.4. The fraction of sp³-hybridized carbons (Fsp3) is 0.0377. The number of benzene rings is 7. The first-order valence-electron chi connectivity index (χ1n) is 20.1. The summed E-state index contributed by atoms with van der Waals surface area (Å²) in [6, 6.07) is 50.2. The van der Waals surface area contributed by atoms with Gasteiger partial charge in [0.05, 0.1) is 33.4 Å². The highest BCUT2D eigenvalue weighted by molar-refractivity contribution is 5.85. The Morgan fingerprint density at radius 2 is 1.06 bits per heavy atom. The minimum Gasteiger partial charge on any atom is -0.478 e. The molecule has 64 heavy (non-hydrogen) atoms. The summed E-state index contributed by atoms with van der Waals surface area (Å²) in [5.74, 6) is -0.122. The zero-order valence-corrected chi connectivity index (χ0v) is 34.8. The number of rotatable bonds is 8. The van der Waals surface area contributed by atoms with Crippen LogP contribution in [0.15, 0.2) is 176 Å². The molecule has 0 saturated heterocycles. The van der Waals surface area contributed by atoms with E-state index < -0.39 is 5.97 Å². The number of nitrogens with zero attached hydrogens (tertiary/aromatic N) is 3. The van der Waals surface area contributed by atoms with Crippen LogP contribution in [0.2, 0.25) is 0 Å². The van der Waals surface area contributed by atoms with Gasteiger partial charge in [-0.25, -0.2) is 27.9 Å². The van der Waals surface area contributed by atoms with Gasteiger partial charge in [0.2, 0.25) is 0 Å². The van der Waals surface area contributed by atoms with E-state index in [9.17, 15) is 18.0 Å². The first-order chi connectivity index (χ1) is 31.0. The van der Waals surface area contributed by atoms with Gasteiger partial charge in [0.15, 0.2) is 0 Å². The molecule has 0 fully saturated rings. The number of aromatic amines is 1. The lowest BCUT2D eigenvalue weighted by molar-refractivity contribution is -0.131. The minimum atomic E-state index is -1.01. The van der Waals surface area contributed by atoms with Crippen LogP contribution >= 0.6 is 0 Å². The molecule has 320 valence electrons. The maximum Gasteiger partial charge on any atom is 0.328 e. The highest BCUT2D eigenvalue weighted by atomic mass is 19.1. The molecule has 0 spiro atoms. The molecule has 0 amide bonds. The van der Waals surface area contributed by atoms with Crippen LogP contribution in [0.25, 0.3) is 52.4 Å². The second-order valence-corrected chi connectivity index (χ2v) is 14.3. The molecule has 0 bridgehead atoms. The van der Waals surface area contributed by atoms with E-state index in [1.54, 1.807) is 36.4 Å². The molecule has 6 N–H and O–H groups in total. The first kappa shape index (κ1) is 45.1. The van der Waals surface area contributed by atoms with Crippen LogP contribution in [0.1, 0.15) is 39.5 Å². The Hall–Kier alpha value is -8.44. The molecule has 0 aliphatic rings. The molecule has 0 aliphatic heterocycles. The zero-order valence-electron chi connectivity index (χ0n) is 34.8. The normalized spacial score (nSPS) is 10.9. The quantitative estimate of drug-likeness (QED) is 0.0888. The number of halogens is 3. The predicted octanol–water partition coefficient (Wildman–Crippen LogP) is 12.3. The maximum atomic E-state index is 13.1. The SMILES string of the molecule is Cc1ccc(Cn2c(/C=C/c3ccc(F)cc3)nc3ccccc32)cc1.Fc1ccc(/C=C/c2nc3ccccc3[nH]2)cc1.Nc1ccccc1N.O=C(O)/C=C/c1ccc(F)cc1. The minimum absolute atomic E-state index is 0.226. The fourth-order valence-electron chi connectivity index (χ4n) is 6.06. The van der Waals surface area contributed by atoms with Crippen LogP contribution in [0.3, 0.4) is 0 Å². The lowest BCUT2D eigenvalue weighted by atomic mass is 10.1. The molecule has 0 radical (unpaired) electrons. The van der Waals surface area contributed by atoms with E-state index >= 15 is 0 Å². The largest absolute Gasteiger partial charge is 0.478 e. The number of nitrogens with one attached hydrogen (secondary N) is 1. The average molecular weight is 855 g/mol. The van der Waals surface area contributed by atoms with Crippen molar-refractivity contribution in [3.8, 4) is 0 Å². The molecule has 11 heteroatoms. The van der Waals surface area contributed by atoms with E-state index in [2.05, 4.69) is 51.8 Å². The van der Waals surface area contributed by atoms with Gasteiger partial charge < -0.3 is 26.1 Å². The van der Waals surface area contributed by atoms with Crippen LogP contribution < -0.4 is 11.5 Å². The van der Waals surface area contributed by atoms with E-state index in [1.807, 2.05) is 78.9 Å². The first-order valence-corrected chi connectivity index (χ1v) is 20.1. The number of imidazole rings is 2. The summed E-state index contributed by atoms with van der Waals surface area (Å²) in [7, 11) is 0. The molecular formula is C53H45F3N6O2. The fourth-order valence-corrected chi connectivity index (χ4v) is 6.06. The lowest BCUT2D eigenvalue weighted by Crippen LogP contribution is -2.02. The number of para-hydroxylation sites is 6. The average Bonchev–Trinajstić information content (AvgIpc) is 3.89. The Labute approximate surface area is 369 Å². The number of nitrogen functional groups attached to an aromatic ring is 2. The number of aromatic nitrogens is 4. The Morgan fingerprint density at radius 3 is 1.59 bits per heavy atom. The Bertz CT molecular complexity index is 2940. The Morgan fingerprint density at radius 1 is 0.578 bits per heavy atom. The van der Waals surface area contributed by atoms with Crippen molar-refractivity contribution in [2.75, 3.05) is 11.5 Å². The number of carbonyl (C=O) groups is 1. The maximum absolute atomic E-state index is 13.1. The number of H-pyrrole nitrogens is 1. The molecule has 2 aromatic heterocycles. The summed E-state index contributed by atoms with van der Waals surface area (Å²) < 4.78 is 40.4. The van der Waals surface area contributed by atoms with Gasteiger partial charge in [0, 0.05) is 12.6 Å². The third-order valence-electron chi connectivity index (χ3n) is 9.44. The molecule has 0 aliphatic carbocycles. The standard InChI is InChI=1S/C23H19FN2.C15H11FN2.C9H7FO2.C6H8N2/c1-17-6-8-19(9-7-17)16-26-22-5-3-2-4-21(22)25-23(26)15-12-18-10-13-20(24)14-11-18;16-12-8-5-11(6-9-12)7-10-15-17-13-3-1-2-4-14(13)18-15;10-8-4-1-7(2-5-8)3-6-9(11)12;7-5-3-1-2-4-6(5)8/h2-15H,16H2,1H3;1-10H,(H,17,18);1-6H,(H,11,12);1-4H,7-8H2/b15-12+;10-7+;6-3+;. The third kappa shape index (κ3) is 13.8. The number of nitrogens with two attached hydrogens (primary N) is 2. The molecular weight excluding hydrogens is 810 g/mol. The van der Waals surface area contributed by atoms with E-state index in [-0.39, 0.29) is 17.5 Å². The monoisotopic (exact) mass is 854 g/mol. The van der Waals surface area contributed by atoms with Gasteiger partial charge in [0.1, 0.15) is 29.1 Å². The van der Waals surface area contributed by atoms with Crippen LogP contribution in [-0.2, 0) is 11.3 Å². The van der Waals surface area contributed by atoms with Crippen molar-refractivity contribution in [3.05, 3.63) is 233 Å². The van der Waals surface area contributed by atoms with Crippen LogP contribution in [0.5, 0.6) is 0 Å². The van der Waals surface area contributed by atoms with Gasteiger partial charge in [-0.05, 0) is 120 Å². The van der Waals surface area contributed by atoms with Crippen LogP contribution in [0, 0.1) is 24.4 Å². The summed E-state index contributed by atoms with van der Waals surface area (Å²) >= 11 is 0. The summed E-state index contributed by atoms with van der Waals surface area (Å²) in [5, 5.41) is 8.27. The summed E-state index contributed by atoms with van der Waals surface area (Å²) in [4.78, 5) is 22.5. The van der Waals surface area contributed by atoms with Gasteiger partial charge in [-0.15, -0.1) is 0 Å². The zero-order chi connectivity index (χ0) is 45.3. The lowest BCUT2D eigenvalue weighted by Gasteiger charge is -2.08. The number of hydrogen-bond acceptors (Lipinski definition) is 5. The van der Waals surface area contributed by atoms with Crippen LogP contribution in [-0.4, -0.2) is 30.6 Å². The van der Waals surface area contributed by atoms with Crippen molar-refractivity contribution < 1.29 is 23.1 Å². The highest BCUT2D eigenvalue weighted by Crippen LogP contribution is 2.21. The molecule has 0 unspecified atom stereocenters. The number of carboxylic acids is 1. The van der Waals surface area contributed by atoms with E-state index in [4.69, 9.17) is 21.6 Å². The molecule has 2 heterocycles. The number of hydrogen-bond donors (Lipinski definition) is 4. The number of anilines is 2. The number of carboxylic acid groups (broad SMARTS) is 1. The van der Waals surface area contributed by atoms with Gasteiger partial charge >= 0.3 is 5.97 Å². The second-order valence-electron chi connectivity index (χ2n) is 14.3. The van der Waals surface area contributed by atoms with Crippen molar-refractivity contribution in [2.24, 2.45) is 0 Å². The van der Waals surface area contributed by atoms with Gasteiger partial charge in [0.25, 0.3) is 0 Å². The topological polar surface area (TPSA) is 136 Å². The van der Waals surface area contributed by atoms with Crippen molar-refractivity contribution in [2.45, 2.75) is 13.5 Å². The van der Waals surface area contributed by atoms with Crippen molar-refractivity contribution in [1.82, 2.24) is 19.5 Å². The Kier molecular flexibility index (Phi) is 15.8. The van der Waals surface area contributed by atoms with Gasteiger partial charge in [-0.3, -0.25) is 0 Å². The number of aliphatic carboxylic acids is 1. The highest BCUT2D eigenvalue weighted by Gasteiger charge is 2.09. The smallest absolute Gasteiger partial charge is 0.328 e. The summed E-state index contributed by atoms with van der Waals surface area (Å²) in [6.45, 7) is 2.84. The molecule has 8 nitrogen and oxygen atoms in total. The number of aryl methyl sites for hydroxylation is 1. The van der Waals surface area contributed by atoms with Crippen molar-refractivity contribution in [1.29, 1.82) is 0 Å². The molecule has 0 atom stereocenters. The third-order valence-corrected chi connectivity index (χ3v) is 9.44. The molecule has 0 saturated carbocycles. The van der Waals surface area contributed by atoms with E-state index in [1.165, 1.54) is 65.7 Å². The van der Waals surface area contributed by atoms with Crippen molar-refractivity contribution >= 4 is 69.8 Å². The van der Waals surface area contributed by atoms with Crippen molar-refractivity contribution in [3.63, 3.8) is 0 Å². The van der Waals surface area contributed by atoms with E-state index in [0.717, 1.165) is 57.5 Å². The van der Waals surface area contributed by atoms with Crippen LogP contribution in [0.4, 0.5) is 24.5 Å². The summed E-state index contributed by atoms with van der Waals surface area (Å²) in [5.41, 5.74) is 21.1. The predicted molar refractivity (Wildman–Crippen MR) is 255 cm³/mol. The summed E-state index contributed by atoms with van der Waals surface area (Å²) in [6.07, 6.45) is 10.1. The molecule has 9 aromatic rings. The number of fused-ring (bicyclic) bond motifs is 2. The van der Waals surface area contributed by atoms with E-state index in [0.29, 0.717) is 16.9 Å². The van der Waals surface area contributed by atoms with Gasteiger partial charge in [-0.1, -0.05) is 115 Å². The van der Waals surface area contributed by atoms with Gasteiger partial charge in [-0.2, -0.15) is 0 Å². The molecule has 7 aromatic carbocycles. The Balaban J connectivity index is 0.000000155. The molecule has 9 rings (SSSR count).